The highest BCUT2D eigenvalue weighted by Crippen LogP contribution is 2.39. The lowest BCUT2D eigenvalue weighted by molar-refractivity contribution is 0.0204. The molecule has 0 N–H and O–H groups in total. The Morgan fingerprint density at radius 3 is 3.00 bits per heavy atom. The molecule has 0 saturated carbocycles. The second kappa shape index (κ2) is 3.91. The molecular formula is C13H15FO2. The summed E-state index contributed by atoms with van der Waals surface area (Å²) in [5.41, 5.74) is 1.19. The molecule has 0 fully saturated rings. The van der Waals surface area contributed by atoms with E-state index in [4.69, 9.17) is 9.47 Å². The quantitative estimate of drug-likeness (QED) is 0.783. The van der Waals surface area contributed by atoms with Gasteiger partial charge in [-0.25, -0.2) is 4.39 Å². The second-order valence-electron chi connectivity index (χ2n) is 4.35. The lowest BCUT2D eigenvalue weighted by Gasteiger charge is -2.22. The zero-order chi connectivity index (χ0) is 11.8. The van der Waals surface area contributed by atoms with Crippen LogP contribution >= 0.6 is 0 Å². The molecule has 0 saturated heterocycles. The normalized spacial score (nSPS) is 22.7. The van der Waals surface area contributed by atoms with Crippen LogP contribution in [0, 0.1) is 5.82 Å². The van der Waals surface area contributed by atoms with Gasteiger partial charge in [-0.1, -0.05) is 12.7 Å². The molecule has 0 amide bonds. The Hall–Kier alpha value is -1.35. The van der Waals surface area contributed by atoms with Gasteiger partial charge in [-0.3, -0.25) is 0 Å². The van der Waals surface area contributed by atoms with Gasteiger partial charge < -0.3 is 9.47 Å². The molecule has 0 spiro atoms. The van der Waals surface area contributed by atoms with E-state index in [0.29, 0.717) is 18.6 Å². The van der Waals surface area contributed by atoms with E-state index in [2.05, 4.69) is 6.58 Å². The molecule has 0 aliphatic carbocycles. The smallest absolute Gasteiger partial charge is 0.134 e. The maximum absolute atomic E-state index is 13.3. The summed E-state index contributed by atoms with van der Waals surface area (Å²) >= 11 is 0. The molecule has 1 atom stereocenters. The van der Waals surface area contributed by atoms with Crippen LogP contribution in [0.15, 0.2) is 18.7 Å². The van der Waals surface area contributed by atoms with Gasteiger partial charge in [-0.2, -0.15) is 0 Å². The Morgan fingerprint density at radius 2 is 2.38 bits per heavy atom. The molecule has 1 aromatic rings. The number of fused-ring (bicyclic) bond motifs is 1. The predicted molar refractivity (Wildman–Crippen MR) is 61.1 cm³/mol. The molecular weight excluding hydrogens is 207 g/mol. The number of hydrogen-bond acceptors (Lipinski definition) is 2. The number of halogens is 1. The van der Waals surface area contributed by atoms with Gasteiger partial charge in [0.15, 0.2) is 0 Å². The van der Waals surface area contributed by atoms with Gasteiger partial charge in [0, 0.05) is 24.7 Å². The van der Waals surface area contributed by atoms with E-state index in [1.54, 1.807) is 13.2 Å². The van der Waals surface area contributed by atoms with E-state index in [1.165, 1.54) is 12.1 Å². The van der Waals surface area contributed by atoms with Crippen molar-refractivity contribution in [1.29, 1.82) is 0 Å². The average Bonchev–Trinajstić information content (AvgIpc) is 2.53. The Balaban J connectivity index is 2.40. The Bertz CT molecular complexity index is 428. The Morgan fingerprint density at radius 1 is 1.62 bits per heavy atom. The highest BCUT2D eigenvalue weighted by molar-refractivity contribution is 5.60. The zero-order valence-corrected chi connectivity index (χ0v) is 9.55. The van der Waals surface area contributed by atoms with Crippen LogP contribution in [0.4, 0.5) is 4.39 Å². The summed E-state index contributed by atoms with van der Waals surface area (Å²) in [5.74, 6) is 0.481. The van der Waals surface area contributed by atoms with E-state index >= 15 is 0 Å². The Kier molecular flexibility index (Phi) is 2.72. The van der Waals surface area contributed by atoms with Gasteiger partial charge >= 0.3 is 0 Å². The highest BCUT2D eigenvalue weighted by atomic mass is 19.1. The lowest BCUT2D eigenvalue weighted by atomic mass is 9.99. The topological polar surface area (TPSA) is 18.5 Å². The summed E-state index contributed by atoms with van der Waals surface area (Å²) in [6.07, 6.45) is 2.27. The summed E-state index contributed by atoms with van der Waals surface area (Å²) in [7, 11) is 1.63. The van der Waals surface area contributed by atoms with Crippen molar-refractivity contribution in [3.8, 4) is 5.75 Å². The van der Waals surface area contributed by atoms with Crippen LogP contribution in [0.25, 0.3) is 6.08 Å². The molecule has 3 heteroatoms. The highest BCUT2D eigenvalue weighted by Gasteiger charge is 2.36. The number of rotatable bonds is 3. The average molecular weight is 222 g/mol. The first-order chi connectivity index (χ1) is 7.58. The molecule has 1 aliphatic heterocycles. The first-order valence-electron chi connectivity index (χ1n) is 5.21. The minimum Gasteiger partial charge on any atom is -0.484 e. The molecule has 2 rings (SSSR count). The van der Waals surface area contributed by atoms with Crippen LogP contribution in [-0.4, -0.2) is 19.3 Å². The maximum atomic E-state index is 13.3. The first kappa shape index (κ1) is 11.1. The van der Waals surface area contributed by atoms with Gasteiger partial charge in [0.1, 0.15) is 17.2 Å². The van der Waals surface area contributed by atoms with Crippen LogP contribution < -0.4 is 4.74 Å². The molecule has 1 aromatic carbocycles. The molecule has 86 valence electrons. The SMILES string of the molecule is C=Cc1cc(F)cc2c1OC(C)(COC)C2. The number of hydrogen-bond donors (Lipinski definition) is 0. The van der Waals surface area contributed by atoms with Crippen molar-refractivity contribution >= 4 is 6.08 Å². The fourth-order valence-corrected chi connectivity index (χ4v) is 2.15. The third-order valence-electron chi connectivity index (χ3n) is 2.74. The van der Waals surface area contributed by atoms with Gasteiger partial charge in [-0.05, 0) is 19.1 Å². The van der Waals surface area contributed by atoms with Crippen molar-refractivity contribution < 1.29 is 13.9 Å². The predicted octanol–water partition coefficient (Wildman–Crippen LogP) is 2.81. The van der Waals surface area contributed by atoms with Crippen molar-refractivity contribution in [3.05, 3.63) is 35.7 Å². The van der Waals surface area contributed by atoms with Crippen molar-refractivity contribution in [2.75, 3.05) is 13.7 Å². The van der Waals surface area contributed by atoms with E-state index in [-0.39, 0.29) is 5.82 Å². The van der Waals surface area contributed by atoms with E-state index < -0.39 is 5.60 Å². The zero-order valence-electron chi connectivity index (χ0n) is 9.55. The fourth-order valence-electron chi connectivity index (χ4n) is 2.15. The van der Waals surface area contributed by atoms with Crippen LogP contribution in [0.5, 0.6) is 5.75 Å². The number of methoxy groups -OCH3 is 1. The number of benzene rings is 1. The minimum absolute atomic E-state index is 0.251. The van der Waals surface area contributed by atoms with Crippen LogP contribution in [0.2, 0.25) is 0 Å². The molecule has 0 bridgehead atoms. The molecule has 1 heterocycles. The minimum atomic E-state index is -0.400. The third kappa shape index (κ3) is 1.83. The molecule has 0 radical (unpaired) electrons. The molecule has 16 heavy (non-hydrogen) atoms. The van der Waals surface area contributed by atoms with Crippen molar-refractivity contribution in [3.63, 3.8) is 0 Å². The van der Waals surface area contributed by atoms with Crippen LogP contribution in [-0.2, 0) is 11.2 Å². The van der Waals surface area contributed by atoms with Crippen molar-refractivity contribution in [1.82, 2.24) is 0 Å². The van der Waals surface area contributed by atoms with Crippen LogP contribution in [0.3, 0.4) is 0 Å². The fraction of sp³-hybridized carbons (Fsp3) is 0.385. The van der Waals surface area contributed by atoms with Gasteiger partial charge in [0.2, 0.25) is 0 Å². The van der Waals surface area contributed by atoms with Gasteiger partial charge in [0.05, 0.1) is 6.61 Å². The largest absolute Gasteiger partial charge is 0.484 e. The third-order valence-corrected chi connectivity index (χ3v) is 2.74. The molecule has 2 nitrogen and oxygen atoms in total. The standard InChI is InChI=1S/C13H15FO2/c1-4-9-5-11(14)6-10-7-13(2,8-15-3)16-12(9)10/h4-6H,1,7-8H2,2-3H3. The van der Waals surface area contributed by atoms with Crippen molar-refractivity contribution in [2.45, 2.75) is 18.9 Å². The van der Waals surface area contributed by atoms with E-state index in [1.807, 2.05) is 6.92 Å². The first-order valence-corrected chi connectivity index (χ1v) is 5.21. The molecule has 1 aliphatic rings. The summed E-state index contributed by atoms with van der Waals surface area (Å²) in [5, 5.41) is 0. The van der Waals surface area contributed by atoms with Crippen LogP contribution in [0.1, 0.15) is 18.1 Å². The lowest BCUT2D eigenvalue weighted by Crippen LogP contribution is -2.35. The summed E-state index contributed by atoms with van der Waals surface area (Å²) in [6, 6.07) is 2.95. The summed E-state index contributed by atoms with van der Waals surface area (Å²) in [6.45, 7) is 6.11. The molecule has 1 unspecified atom stereocenters. The van der Waals surface area contributed by atoms with Gasteiger partial charge in [-0.15, -0.1) is 0 Å². The summed E-state index contributed by atoms with van der Waals surface area (Å²) < 4.78 is 24.3. The van der Waals surface area contributed by atoms with E-state index in [0.717, 1.165) is 11.3 Å². The van der Waals surface area contributed by atoms with Crippen molar-refractivity contribution in [2.24, 2.45) is 0 Å². The summed E-state index contributed by atoms with van der Waals surface area (Å²) in [4.78, 5) is 0. The van der Waals surface area contributed by atoms with E-state index in [9.17, 15) is 4.39 Å². The monoisotopic (exact) mass is 222 g/mol. The van der Waals surface area contributed by atoms with Gasteiger partial charge in [0.25, 0.3) is 0 Å². The second-order valence-corrected chi connectivity index (χ2v) is 4.35. The molecule has 0 aromatic heterocycles. The maximum Gasteiger partial charge on any atom is 0.134 e. The number of ether oxygens (including phenoxy) is 2. The Labute approximate surface area is 94.7 Å².